The van der Waals surface area contributed by atoms with Gasteiger partial charge in [-0.05, 0) is 31.3 Å². The summed E-state index contributed by atoms with van der Waals surface area (Å²) in [7, 11) is 0. The number of nitrogens with one attached hydrogen (secondary N) is 2. The molecule has 1 aromatic heterocycles. The first-order valence-corrected chi connectivity index (χ1v) is 6.60. The fourth-order valence-corrected chi connectivity index (χ4v) is 2.02. The molecular formula is C12H12N4S2. The molecule has 2 N–H and O–H groups in total. The Bertz CT molecular complexity index is 534. The Labute approximate surface area is 115 Å². The molecule has 0 fully saturated rings. The van der Waals surface area contributed by atoms with E-state index >= 15 is 0 Å². The second-order valence-corrected chi connectivity index (χ2v) is 4.77. The first-order chi connectivity index (χ1) is 8.75. The summed E-state index contributed by atoms with van der Waals surface area (Å²) in [5, 5.41) is 10.5. The molecule has 92 valence electrons. The fourth-order valence-electron chi connectivity index (χ4n) is 1.27. The molecular weight excluding hydrogens is 264 g/mol. The highest BCUT2D eigenvalue weighted by Crippen LogP contribution is 2.06. The van der Waals surface area contributed by atoms with Crippen molar-refractivity contribution < 1.29 is 0 Å². The summed E-state index contributed by atoms with van der Waals surface area (Å²) in [6.07, 6.45) is 1.75. The second-order valence-electron chi connectivity index (χ2n) is 3.47. The highest BCUT2D eigenvalue weighted by molar-refractivity contribution is 7.80. The van der Waals surface area contributed by atoms with Crippen molar-refractivity contribution in [2.24, 2.45) is 5.10 Å². The van der Waals surface area contributed by atoms with Crippen molar-refractivity contribution in [3.63, 3.8) is 0 Å². The largest absolute Gasteiger partial charge is 0.331 e. The van der Waals surface area contributed by atoms with Crippen LogP contribution < -0.4 is 10.7 Å². The molecule has 2 aromatic rings. The van der Waals surface area contributed by atoms with Crippen LogP contribution in [0.3, 0.4) is 0 Å². The molecule has 6 heteroatoms. The molecule has 4 nitrogen and oxygen atoms in total. The van der Waals surface area contributed by atoms with Gasteiger partial charge in [-0.2, -0.15) is 5.10 Å². The Balaban J connectivity index is 1.91. The van der Waals surface area contributed by atoms with Gasteiger partial charge < -0.3 is 5.32 Å². The van der Waals surface area contributed by atoms with Gasteiger partial charge in [0.2, 0.25) is 0 Å². The number of para-hydroxylation sites is 1. The summed E-state index contributed by atoms with van der Waals surface area (Å²) in [5.41, 5.74) is 4.53. The minimum Gasteiger partial charge on any atom is -0.331 e. The maximum atomic E-state index is 5.14. The van der Waals surface area contributed by atoms with Gasteiger partial charge in [-0.1, -0.05) is 18.2 Å². The normalized spacial score (nSPS) is 11.1. The third-order valence-electron chi connectivity index (χ3n) is 2.10. The van der Waals surface area contributed by atoms with E-state index in [4.69, 9.17) is 12.2 Å². The lowest BCUT2D eigenvalue weighted by atomic mass is 10.3. The van der Waals surface area contributed by atoms with E-state index in [-0.39, 0.29) is 0 Å². The summed E-state index contributed by atoms with van der Waals surface area (Å²) >= 11 is 6.68. The predicted octanol–water partition coefficient (Wildman–Crippen LogP) is 2.85. The van der Waals surface area contributed by atoms with Crippen LogP contribution in [-0.2, 0) is 0 Å². The van der Waals surface area contributed by atoms with Crippen LogP contribution in [0.25, 0.3) is 0 Å². The molecule has 0 amide bonds. The van der Waals surface area contributed by atoms with Crippen LogP contribution >= 0.6 is 23.6 Å². The van der Waals surface area contributed by atoms with Gasteiger partial charge in [-0.15, -0.1) is 11.3 Å². The Hall–Kier alpha value is -1.79. The van der Waals surface area contributed by atoms with Gasteiger partial charge >= 0.3 is 0 Å². The topological polar surface area (TPSA) is 49.3 Å². The number of aromatic nitrogens is 1. The lowest BCUT2D eigenvalue weighted by Gasteiger charge is -2.06. The molecule has 0 saturated carbocycles. The van der Waals surface area contributed by atoms with Crippen LogP contribution in [-0.4, -0.2) is 15.8 Å². The van der Waals surface area contributed by atoms with Crippen molar-refractivity contribution in [2.45, 2.75) is 6.92 Å². The first-order valence-electron chi connectivity index (χ1n) is 5.32. The van der Waals surface area contributed by atoms with Crippen LogP contribution in [0.5, 0.6) is 0 Å². The van der Waals surface area contributed by atoms with Crippen LogP contribution in [0.15, 0.2) is 47.0 Å². The molecule has 1 aromatic carbocycles. The van der Waals surface area contributed by atoms with Crippen LogP contribution in [0.4, 0.5) is 5.69 Å². The lowest BCUT2D eigenvalue weighted by molar-refractivity contribution is 1.04. The summed E-state index contributed by atoms with van der Waals surface area (Å²) in [6, 6.07) is 9.70. The molecule has 18 heavy (non-hydrogen) atoms. The smallest absolute Gasteiger partial charge is 0.191 e. The van der Waals surface area contributed by atoms with E-state index in [0.717, 1.165) is 16.4 Å². The van der Waals surface area contributed by atoms with Gasteiger partial charge in [0.25, 0.3) is 0 Å². The van der Waals surface area contributed by atoms with Gasteiger partial charge in [0, 0.05) is 17.3 Å². The van der Waals surface area contributed by atoms with E-state index in [1.54, 1.807) is 17.5 Å². The third-order valence-corrected chi connectivity index (χ3v) is 3.17. The lowest BCUT2D eigenvalue weighted by Crippen LogP contribution is -2.24. The van der Waals surface area contributed by atoms with Gasteiger partial charge in [-0.3, -0.25) is 5.43 Å². The Morgan fingerprint density at radius 1 is 1.33 bits per heavy atom. The fraction of sp³-hybridized carbons (Fsp3) is 0.0833. The molecule has 0 aliphatic carbocycles. The molecule has 0 unspecified atom stereocenters. The summed E-state index contributed by atoms with van der Waals surface area (Å²) in [6.45, 7) is 1.89. The SMILES string of the molecule is C/C(=N\NC(=S)Nc1ccccc1)c1nccs1. The third kappa shape index (κ3) is 3.61. The Morgan fingerprint density at radius 3 is 2.78 bits per heavy atom. The number of nitrogens with zero attached hydrogens (tertiary/aromatic N) is 2. The van der Waals surface area contributed by atoms with Crippen LogP contribution in [0.1, 0.15) is 11.9 Å². The highest BCUT2D eigenvalue weighted by atomic mass is 32.1. The quantitative estimate of drug-likeness (QED) is 0.514. The number of thiocarbonyl (C=S) groups is 1. The predicted molar refractivity (Wildman–Crippen MR) is 80.1 cm³/mol. The highest BCUT2D eigenvalue weighted by Gasteiger charge is 2.00. The van der Waals surface area contributed by atoms with E-state index in [0.29, 0.717) is 5.11 Å². The van der Waals surface area contributed by atoms with Crippen molar-refractivity contribution in [3.05, 3.63) is 46.9 Å². The molecule has 0 saturated heterocycles. The molecule has 0 aliphatic heterocycles. The van der Waals surface area contributed by atoms with Crippen LogP contribution in [0.2, 0.25) is 0 Å². The van der Waals surface area contributed by atoms with E-state index in [1.165, 1.54) is 0 Å². The Morgan fingerprint density at radius 2 is 2.11 bits per heavy atom. The van der Waals surface area contributed by atoms with Gasteiger partial charge in [-0.25, -0.2) is 4.98 Å². The van der Waals surface area contributed by atoms with Gasteiger partial charge in [0.1, 0.15) is 5.01 Å². The van der Waals surface area contributed by atoms with E-state index in [2.05, 4.69) is 20.8 Å². The zero-order valence-electron chi connectivity index (χ0n) is 9.75. The molecule has 0 spiro atoms. The van der Waals surface area contributed by atoms with Crippen molar-refractivity contribution in [1.29, 1.82) is 0 Å². The number of hydrazone groups is 1. The molecule has 2 rings (SSSR count). The standard InChI is InChI=1S/C12H12N4S2/c1-9(11-13-7-8-18-11)15-16-12(17)14-10-5-3-2-4-6-10/h2-8H,1H3,(H2,14,16,17)/b15-9+. The minimum atomic E-state index is 0.456. The zero-order chi connectivity index (χ0) is 12.8. The van der Waals surface area contributed by atoms with Crippen molar-refractivity contribution >= 4 is 40.1 Å². The monoisotopic (exact) mass is 276 g/mol. The van der Waals surface area contributed by atoms with Crippen molar-refractivity contribution in [2.75, 3.05) is 5.32 Å². The molecule has 0 bridgehead atoms. The molecule has 0 radical (unpaired) electrons. The maximum absolute atomic E-state index is 5.14. The number of thiazole rings is 1. The molecule has 0 atom stereocenters. The average Bonchev–Trinajstić information content (AvgIpc) is 2.91. The molecule has 1 heterocycles. The van der Waals surface area contributed by atoms with E-state index in [1.807, 2.05) is 42.6 Å². The summed E-state index contributed by atoms with van der Waals surface area (Å²) < 4.78 is 0. The average molecular weight is 276 g/mol. The van der Waals surface area contributed by atoms with Crippen LogP contribution in [0, 0.1) is 0 Å². The minimum absolute atomic E-state index is 0.456. The first kappa shape index (κ1) is 12.7. The van der Waals surface area contributed by atoms with E-state index in [9.17, 15) is 0 Å². The van der Waals surface area contributed by atoms with Crippen molar-refractivity contribution in [3.8, 4) is 0 Å². The summed E-state index contributed by atoms with van der Waals surface area (Å²) in [5.74, 6) is 0. The van der Waals surface area contributed by atoms with Gasteiger partial charge in [0.15, 0.2) is 5.11 Å². The molecule has 0 aliphatic rings. The van der Waals surface area contributed by atoms with E-state index < -0.39 is 0 Å². The number of hydrogen-bond donors (Lipinski definition) is 2. The van der Waals surface area contributed by atoms with Gasteiger partial charge in [0.05, 0.1) is 5.71 Å². The maximum Gasteiger partial charge on any atom is 0.191 e. The van der Waals surface area contributed by atoms with Crippen molar-refractivity contribution in [1.82, 2.24) is 10.4 Å². The Kier molecular flexibility index (Phi) is 4.38. The second kappa shape index (κ2) is 6.23. The summed E-state index contributed by atoms with van der Waals surface area (Å²) in [4.78, 5) is 4.16. The number of rotatable bonds is 3. The number of hydrogen-bond acceptors (Lipinski definition) is 4. The zero-order valence-corrected chi connectivity index (χ0v) is 11.4. The number of benzene rings is 1. The number of anilines is 1.